The van der Waals surface area contributed by atoms with Crippen molar-refractivity contribution in [3.8, 4) is 6.07 Å². The highest BCUT2D eigenvalue weighted by molar-refractivity contribution is 5.34. The van der Waals surface area contributed by atoms with Gasteiger partial charge in [-0.15, -0.1) is 0 Å². The first-order valence-corrected chi connectivity index (χ1v) is 9.95. The third kappa shape index (κ3) is 10.4. The Morgan fingerprint density at radius 3 is 2.07 bits per heavy atom. The normalized spacial score (nSPS) is 13.1. The Morgan fingerprint density at radius 2 is 1.56 bits per heavy atom. The third-order valence-corrected chi connectivity index (χ3v) is 3.46. The lowest BCUT2D eigenvalue weighted by Crippen LogP contribution is -2.07. The Kier molecular flexibility index (Phi) is 17.1. The number of rotatable bonds is 4. The summed E-state index contributed by atoms with van der Waals surface area (Å²) in [6.07, 6.45) is 6.32. The lowest BCUT2D eigenvalue weighted by Gasteiger charge is -2.15. The zero-order chi connectivity index (χ0) is 21.2. The molecule has 27 heavy (non-hydrogen) atoms. The molecule has 1 aliphatic rings. The van der Waals surface area contributed by atoms with E-state index in [1.54, 1.807) is 24.3 Å². The van der Waals surface area contributed by atoms with Gasteiger partial charge >= 0.3 is 0 Å². The van der Waals surface area contributed by atoms with Crippen LogP contribution in [0.15, 0.2) is 59.4 Å². The molecule has 1 unspecified atom stereocenters. The topological polar surface area (TPSA) is 53.2 Å². The zero-order valence-corrected chi connectivity index (χ0v) is 18.3. The summed E-state index contributed by atoms with van der Waals surface area (Å²) in [5.41, 5.74) is 3.69. The van der Waals surface area contributed by atoms with Gasteiger partial charge in [-0.05, 0) is 49.6 Å². The van der Waals surface area contributed by atoms with E-state index >= 15 is 0 Å². The van der Waals surface area contributed by atoms with Crippen LogP contribution in [0.2, 0.25) is 0 Å². The van der Waals surface area contributed by atoms with Crippen LogP contribution in [-0.4, -0.2) is 11.7 Å². The smallest absolute Gasteiger partial charge is 0.122 e. The Balaban J connectivity index is 0. The highest BCUT2D eigenvalue weighted by Crippen LogP contribution is 2.21. The van der Waals surface area contributed by atoms with Crippen LogP contribution in [-0.2, 0) is 4.74 Å². The summed E-state index contributed by atoms with van der Waals surface area (Å²) in [5, 5.41) is 18.9. The SMILES string of the molecule is CC.CC.CC.CC1=CC=C(OCC(O)c2ccc(C#N)cc2)C(C)=CC1. The molecule has 0 aliphatic heterocycles. The number of aliphatic hydroxyl groups is 1. The van der Waals surface area contributed by atoms with Crippen LogP contribution in [0.5, 0.6) is 0 Å². The summed E-state index contributed by atoms with van der Waals surface area (Å²) in [4.78, 5) is 0. The van der Waals surface area contributed by atoms with Gasteiger partial charge in [0.05, 0.1) is 11.6 Å². The van der Waals surface area contributed by atoms with E-state index in [-0.39, 0.29) is 6.61 Å². The average Bonchev–Trinajstić information content (AvgIpc) is 2.91. The van der Waals surface area contributed by atoms with Crippen LogP contribution in [0.25, 0.3) is 0 Å². The molecule has 1 atom stereocenters. The van der Waals surface area contributed by atoms with E-state index in [9.17, 15) is 5.11 Å². The van der Waals surface area contributed by atoms with Crippen LogP contribution >= 0.6 is 0 Å². The highest BCUT2D eigenvalue weighted by Gasteiger charge is 2.11. The Bertz CT molecular complexity index is 631. The molecule has 0 saturated carbocycles. The van der Waals surface area contributed by atoms with Crippen molar-refractivity contribution in [2.24, 2.45) is 0 Å². The van der Waals surface area contributed by atoms with Gasteiger partial charge in [-0.3, -0.25) is 0 Å². The minimum atomic E-state index is -0.709. The van der Waals surface area contributed by atoms with Gasteiger partial charge in [-0.2, -0.15) is 5.26 Å². The van der Waals surface area contributed by atoms with E-state index in [0.717, 1.165) is 23.3 Å². The minimum Gasteiger partial charge on any atom is -0.490 e. The molecule has 1 aromatic carbocycles. The van der Waals surface area contributed by atoms with Gasteiger partial charge in [0.25, 0.3) is 0 Å². The molecular formula is C24H37NO2. The lowest BCUT2D eigenvalue weighted by atomic mass is 10.1. The van der Waals surface area contributed by atoms with Gasteiger partial charge in [0.1, 0.15) is 18.5 Å². The Hall–Kier alpha value is -2.31. The number of ether oxygens (including phenoxy) is 1. The molecule has 0 radical (unpaired) electrons. The molecule has 0 saturated heterocycles. The number of aliphatic hydroxyl groups excluding tert-OH is 1. The predicted molar refractivity (Wildman–Crippen MR) is 116 cm³/mol. The van der Waals surface area contributed by atoms with Crippen molar-refractivity contribution in [1.29, 1.82) is 5.26 Å². The molecule has 0 fully saturated rings. The van der Waals surface area contributed by atoms with Gasteiger partial charge in [0, 0.05) is 0 Å². The van der Waals surface area contributed by atoms with E-state index < -0.39 is 6.10 Å². The van der Waals surface area contributed by atoms with Crippen molar-refractivity contribution in [1.82, 2.24) is 0 Å². The number of hydrogen-bond acceptors (Lipinski definition) is 3. The fourth-order valence-corrected chi connectivity index (χ4v) is 2.04. The minimum absolute atomic E-state index is 0.190. The summed E-state index contributed by atoms with van der Waals surface area (Å²) in [5.74, 6) is 0.791. The molecule has 0 amide bonds. The van der Waals surface area contributed by atoms with E-state index in [1.807, 2.05) is 60.6 Å². The van der Waals surface area contributed by atoms with E-state index in [4.69, 9.17) is 10.00 Å². The first kappa shape index (κ1) is 26.9. The van der Waals surface area contributed by atoms with Crippen molar-refractivity contribution in [3.05, 3.63) is 70.5 Å². The summed E-state index contributed by atoms with van der Waals surface area (Å²) >= 11 is 0. The largest absolute Gasteiger partial charge is 0.490 e. The molecule has 1 N–H and O–H groups in total. The van der Waals surface area contributed by atoms with E-state index in [1.165, 1.54) is 5.57 Å². The van der Waals surface area contributed by atoms with Crippen molar-refractivity contribution < 1.29 is 9.84 Å². The van der Waals surface area contributed by atoms with Crippen LogP contribution in [0.4, 0.5) is 0 Å². The molecule has 3 nitrogen and oxygen atoms in total. The molecule has 2 rings (SSSR count). The summed E-state index contributed by atoms with van der Waals surface area (Å²) in [7, 11) is 0. The Labute approximate surface area is 166 Å². The monoisotopic (exact) mass is 371 g/mol. The molecule has 0 bridgehead atoms. The van der Waals surface area contributed by atoms with Crippen molar-refractivity contribution >= 4 is 0 Å². The van der Waals surface area contributed by atoms with Crippen molar-refractivity contribution in [3.63, 3.8) is 0 Å². The molecule has 1 aromatic rings. The maximum absolute atomic E-state index is 10.2. The second-order valence-electron chi connectivity index (χ2n) is 5.20. The van der Waals surface area contributed by atoms with Crippen LogP contribution in [0.3, 0.4) is 0 Å². The maximum atomic E-state index is 10.2. The second-order valence-corrected chi connectivity index (χ2v) is 5.20. The van der Waals surface area contributed by atoms with Crippen LogP contribution in [0, 0.1) is 11.3 Å². The molecule has 3 heteroatoms. The molecule has 150 valence electrons. The molecular weight excluding hydrogens is 334 g/mol. The van der Waals surface area contributed by atoms with Gasteiger partial charge < -0.3 is 9.84 Å². The van der Waals surface area contributed by atoms with Gasteiger partial charge in [-0.1, -0.05) is 71.4 Å². The summed E-state index contributed by atoms with van der Waals surface area (Å²) in [6.45, 7) is 16.3. The standard InChI is InChI=1S/C18H19NO2.3C2H6/c1-13-3-5-14(2)18(10-4-13)21-12-17(20)16-8-6-15(11-19)7-9-16;3*1-2/h4-10,17,20H,3,12H2,1-2H3;3*1-2H3. The molecule has 1 aliphatic carbocycles. The first-order valence-electron chi connectivity index (χ1n) is 9.95. The zero-order valence-electron chi connectivity index (χ0n) is 18.3. The van der Waals surface area contributed by atoms with Crippen molar-refractivity contribution in [2.45, 2.75) is 67.9 Å². The van der Waals surface area contributed by atoms with Gasteiger partial charge in [-0.25, -0.2) is 0 Å². The quantitative estimate of drug-likeness (QED) is 0.628. The summed E-state index contributed by atoms with van der Waals surface area (Å²) < 4.78 is 5.73. The van der Waals surface area contributed by atoms with Crippen LogP contribution < -0.4 is 0 Å². The van der Waals surface area contributed by atoms with E-state index in [2.05, 4.69) is 19.1 Å². The molecule has 0 heterocycles. The summed E-state index contributed by atoms with van der Waals surface area (Å²) in [6, 6.07) is 8.95. The third-order valence-electron chi connectivity index (χ3n) is 3.46. The number of benzene rings is 1. The number of nitriles is 1. The van der Waals surface area contributed by atoms with Crippen LogP contribution in [0.1, 0.15) is 79.0 Å². The fourth-order valence-electron chi connectivity index (χ4n) is 2.04. The average molecular weight is 372 g/mol. The Morgan fingerprint density at radius 1 is 1.00 bits per heavy atom. The fraction of sp³-hybridized carbons (Fsp3) is 0.458. The predicted octanol–water partition coefficient (Wildman–Crippen LogP) is 6.87. The first-order chi connectivity index (χ1) is 13.1. The highest BCUT2D eigenvalue weighted by atomic mass is 16.5. The van der Waals surface area contributed by atoms with Gasteiger partial charge in [0.15, 0.2) is 0 Å². The van der Waals surface area contributed by atoms with Gasteiger partial charge in [0.2, 0.25) is 0 Å². The number of allylic oxidation sites excluding steroid dienone is 5. The number of hydrogen-bond donors (Lipinski definition) is 1. The molecule has 0 aromatic heterocycles. The lowest BCUT2D eigenvalue weighted by molar-refractivity contribution is 0.0741. The number of nitrogens with zero attached hydrogens (tertiary/aromatic N) is 1. The molecule has 0 spiro atoms. The maximum Gasteiger partial charge on any atom is 0.122 e. The second kappa shape index (κ2) is 17.1. The van der Waals surface area contributed by atoms with E-state index in [0.29, 0.717) is 5.56 Å². The van der Waals surface area contributed by atoms with Crippen molar-refractivity contribution in [2.75, 3.05) is 6.61 Å².